The molecule has 9 heteroatoms. The van der Waals surface area contributed by atoms with Crippen LogP contribution in [0.25, 0.3) is 12.2 Å². The van der Waals surface area contributed by atoms with Crippen molar-refractivity contribution < 1.29 is 29.0 Å². The number of amides is 3. The van der Waals surface area contributed by atoms with Gasteiger partial charge in [-0.05, 0) is 35.4 Å². The Morgan fingerprint density at radius 1 is 0.711 bits per heavy atom. The smallest absolute Gasteiger partial charge is 0.329 e. The predicted octanol–water partition coefficient (Wildman–Crippen LogP) is 5.88. The normalized spacial score (nSPS) is 15.6. The largest absolute Gasteiger partial charge is 0.496 e. The molecule has 9 nitrogen and oxygen atoms in total. The highest BCUT2D eigenvalue weighted by Gasteiger charge is 2.42. The molecule has 0 bridgehead atoms. The van der Waals surface area contributed by atoms with Gasteiger partial charge in [0.05, 0.1) is 38.1 Å². The number of methoxy groups -OCH3 is 2. The zero-order valence-corrected chi connectivity index (χ0v) is 25.0. The van der Waals surface area contributed by atoms with Gasteiger partial charge >= 0.3 is 12.0 Å². The molecular weight excluding hydrogens is 570 g/mol. The molecule has 0 aromatic heterocycles. The van der Waals surface area contributed by atoms with Gasteiger partial charge in [-0.25, -0.2) is 9.59 Å². The van der Waals surface area contributed by atoms with Gasteiger partial charge in [-0.3, -0.25) is 9.69 Å². The third-order valence-corrected chi connectivity index (χ3v) is 8.35. The lowest BCUT2D eigenvalue weighted by Gasteiger charge is -2.42. The Balaban J connectivity index is 1.35. The lowest BCUT2D eigenvalue weighted by atomic mass is 9.87. The van der Waals surface area contributed by atoms with Gasteiger partial charge in [-0.1, -0.05) is 84.9 Å². The van der Waals surface area contributed by atoms with Crippen LogP contribution in [0.4, 0.5) is 16.2 Å². The first-order chi connectivity index (χ1) is 21.9. The molecule has 1 N–H and O–H groups in total. The minimum absolute atomic E-state index is 0.0255. The maximum atomic E-state index is 14.5. The summed E-state index contributed by atoms with van der Waals surface area (Å²) in [6.45, 7) is -0.0103. The van der Waals surface area contributed by atoms with Crippen molar-refractivity contribution >= 4 is 41.4 Å². The van der Waals surface area contributed by atoms with Crippen LogP contribution in [0, 0.1) is 0 Å². The molecule has 228 valence electrons. The molecule has 0 aliphatic carbocycles. The van der Waals surface area contributed by atoms with Gasteiger partial charge in [0.15, 0.2) is 0 Å². The van der Waals surface area contributed by atoms with Gasteiger partial charge < -0.3 is 24.4 Å². The van der Waals surface area contributed by atoms with E-state index >= 15 is 0 Å². The van der Waals surface area contributed by atoms with E-state index < -0.39 is 23.8 Å². The second-order valence-corrected chi connectivity index (χ2v) is 10.8. The Morgan fingerprint density at radius 2 is 1.20 bits per heavy atom. The number of urea groups is 1. The van der Waals surface area contributed by atoms with E-state index in [4.69, 9.17) is 9.47 Å². The summed E-state index contributed by atoms with van der Waals surface area (Å²) < 4.78 is 11.3. The third-order valence-electron chi connectivity index (χ3n) is 8.35. The Morgan fingerprint density at radius 3 is 1.71 bits per heavy atom. The standard InChI is InChI=1S/C36H33N3O6/c1-44-31-17-9-5-13-26(31)33(27-14-6-10-18-32(27)45-2)34(40)38-22-21-37(23-30(38)35(41)42)36(43)39-28-15-7-3-11-24(28)19-20-25-12-4-8-16-29(25)39/h3-20,30,33H,21-23H2,1-2H3,(H,41,42)/t30-/m0/s1. The molecule has 4 aromatic rings. The van der Waals surface area contributed by atoms with E-state index in [1.807, 2.05) is 84.9 Å². The lowest BCUT2D eigenvalue weighted by Crippen LogP contribution is -2.61. The van der Waals surface area contributed by atoms with Crippen LogP contribution in [-0.2, 0) is 9.59 Å². The summed E-state index contributed by atoms with van der Waals surface area (Å²) in [5.41, 5.74) is 4.29. The van der Waals surface area contributed by atoms with Crippen LogP contribution in [0.15, 0.2) is 97.1 Å². The molecule has 2 heterocycles. The van der Waals surface area contributed by atoms with E-state index in [1.54, 1.807) is 29.2 Å². The number of benzene rings is 4. The number of ether oxygens (including phenoxy) is 2. The van der Waals surface area contributed by atoms with Crippen LogP contribution in [0.3, 0.4) is 0 Å². The average molecular weight is 604 g/mol. The van der Waals surface area contributed by atoms with Crippen molar-refractivity contribution in [2.75, 3.05) is 38.8 Å². The Hall–Kier alpha value is -5.57. The number of carbonyl (C=O) groups excluding carboxylic acids is 2. The number of carboxylic acids is 1. The van der Waals surface area contributed by atoms with Crippen LogP contribution in [0.2, 0.25) is 0 Å². The summed E-state index contributed by atoms with van der Waals surface area (Å²) in [6, 6.07) is 27.9. The van der Waals surface area contributed by atoms with E-state index in [-0.39, 0.29) is 25.7 Å². The number of aliphatic carboxylic acids is 1. The van der Waals surface area contributed by atoms with Crippen molar-refractivity contribution in [1.82, 2.24) is 9.80 Å². The number of rotatable bonds is 6. The summed E-state index contributed by atoms with van der Waals surface area (Å²) in [7, 11) is 3.06. The van der Waals surface area contributed by atoms with Crippen molar-refractivity contribution in [2.45, 2.75) is 12.0 Å². The number of para-hydroxylation sites is 4. The molecule has 1 atom stereocenters. The van der Waals surface area contributed by atoms with E-state index in [1.165, 1.54) is 24.0 Å². The second kappa shape index (κ2) is 12.6. The fraction of sp³-hybridized carbons (Fsp3) is 0.194. The van der Waals surface area contributed by atoms with Crippen molar-refractivity contribution in [2.24, 2.45) is 0 Å². The topological polar surface area (TPSA) is 99.6 Å². The van der Waals surface area contributed by atoms with Crippen LogP contribution in [-0.4, -0.2) is 72.7 Å². The van der Waals surface area contributed by atoms with Gasteiger partial charge in [0.1, 0.15) is 17.5 Å². The van der Waals surface area contributed by atoms with Crippen molar-refractivity contribution in [3.05, 3.63) is 119 Å². The number of fused-ring (bicyclic) bond motifs is 2. The van der Waals surface area contributed by atoms with Gasteiger partial charge in [-0.2, -0.15) is 0 Å². The maximum Gasteiger partial charge on any atom is 0.329 e. The number of carbonyl (C=O) groups is 3. The van der Waals surface area contributed by atoms with E-state index in [0.717, 1.165) is 11.1 Å². The third kappa shape index (κ3) is 5.48. The summed E-state index contributed by atoms with van der Waals surface area (Å²) in [4.78, 5) is 46.2. The van der Waals surface area contributed by atoms with E-state index in [0.29, 0.717) is 34.0 Å². The summed E-state index contributed by atoms with van der Waals surface area (Å²) >= 11 is 0. The van der Waals surface area contributed by atoms with Crippen molar-refractivity contribution in [1.29, 1.82) is 0 Å². The van der Waals surface area contributed by atoms with Gasteiger partial charge in [0, 0.05) is 24.2 Å². The first kappa shape index (κ1) is 29.5. The van der Waals surface area contributed by atoms with Gasteiger partial charge in [0.25, 0.3) is 0 Å². The van der Waals surface area contributed by atoms with Gasteiger partial charge in [0.2, 0.25) is 5.91 Å². The summed E-state index contributed by atoms with van der Waals surface area (Å²) in [5, 5.41) is 10.4. The molecule has 2 aliphatic rings. The molecule has 1 fully saturated rings. The lowest BCUT2D eigenvalue weighted by molar-refractivity contribution is -0.153. The molecule has 0 radical (unpaired) electrons. The Bertz CT molecular complexity index is 1690. The molecule has 45 heavy (non-hydrogen) atoms. The zero-order valence-electron chi connectivity index (χ0n) is 25.0. The first-order valence-corrected chi connectivity index (χ1v) is 14.7. The van der Waals surface area contributed by atoms with E-state index in [2.05, 4.69) is 0 Å². The molecule has 3 amide bonds. The summed E-state index contributed by atoms with van der Waals surface area (Å²) in [5.74, 6) is -1.53. The minimum atomic E-state index is -1.28. The second-order valence-electron chi connectivity index (χ2n) is 10.8. The summed E-state index contributed by atoms with van der Waals surface area (Å²) in [6.07, 6.45) is 3.93. The molecule has 1 saturated heterocycles. The minimum Gasteiger partial charge on any atom is -0.496 e. The van der Waals surface area contributed by atoms with Gasteiger partial charge in [-0.15, -0.1) is 0 Å². The molecule has 6 rings (SSSR count). The number of hydrogen-bond acceptors (Lipinski definition) is 5. The molecule has 0 spiro atoms. The van der Waals surface area contributed by atoms with E-state index in [9.17, 15) is 19.5 Å². The molecular formula is C36H33N3O6. The van der Waals surface area contributed by atoms with Crippen LogP contribution < -0.4 is 14.4 Å². The maximum absolute atomic E-state index is 14.5. The average Bonchev–Trinajstić information content (AvgIpc) is 3.25. The SMILES string of the molecule is COc1ccccc1C(C(=O)N1CCN(C(=O)N2c3ccccc3C=Cc3ccccc32)C[C@H]1C(=O)O)c1ccccc1OC. The molecule has 4 aromatic carbocycles. The number of anilines is 2. The number of carboxylic acid groups (broad SMARTS) is 1. The molecule has 2 aliphatic heterocycles. The van der Waals surface area contributed by atoms with Crippen molar-refractivity contribution in [3.63, 3.8) is 0 Å². The van der Waals surface area contributed by atoms with Crippen LogP contribution in [0.1, 0.15) is 28.2 Å². The number of nitrogens with zero attached hydrogens (tertiary/aromatic N) is 3. The zero-order chi connectivity index (χ0) is 31.5. The monoisotopic (exact) mass is 603 g/mol. The van der Waals surface area contributed by atoms with Crippen LogP contribution in [0.5, 0.6) is 11.5 Å². The highest BCUT2D eigenvalue weighted by Crippen LogP contribution is 2.40. The fourth-order valence-electron chi connectivity index (χ4n) is 6.16. The van der Waals surface area contributed by atoms with Crippen LogP contribution >= 0.6 is 0 Å². The van der Waals surface area contributed by atoms with Crippen molar-refractivity contribution in [3.8, 4) is 11.5 Å². The molecule has 0 unspecified atom stereocenters. The number of piperazine rings is 1. The first-order valence-electron chi connectivity index (χ1n) is 14.7. The Labute approximate surface area is 261 Å². The highest BCUT2D eigenvalue weighted by molar-refractivity contribution is 6.06. The molecule has 0 saturated carbocycles. The predicted molar refractivity (Wildman–Crippen MR) is 172 cm³/mol. The quantitative estimate of drug-likeness (QED) is 0.296. The highest BCUT2D eigenvalue weighted by atomic mass is 16.5. The fourth-order valence-corrected chi connectivity index (χ4v) is 6.16. The Kier molecular flexibility index (Phi) is 8.24. The number of hydrogen-bond donors (Lipinski definition) is 1.